The third kappa shape index (κ3) is 3.57. The molecule has 0 fully saturated rings. The second-order valence-electron chi connectivity index (χ2n) is 4.40. The van der Waals surface area contributed by atoms with Crippen LogP contribution >= 0.6 is 15.9 Å². The van der Waals surface area contributed by atoms with Crippen LogP contribution < -0.4 is 10.6 Å². The van der Waals surface area contributed by atoms with Gasteiger partial charge in [-0.2, -0.15) is 0 Å². The monoisotopic (exact) mass is 333 g/mol. The van der Waals surface area contributed by atoms with Gasteiger partial charge in [-0.15, -0.1) is 0 Å². The molecule has 104 valence electrons. The fraction of sp³-hybridized carbons (Fsp3) is 0.200. The molecule has 0 saturated heterocycles. The maximum atomic E-state index is 12.1. The number of aromatic nitrogens is 1. The number of rotatable bonds is 4. The van der Waals surface area contributed by atoms with E-state index in [4.69, 9.17) is 0 Å². The molecule has 0 bridgehead atoms. The summed E-state index contributed by atoms with van der Waals surface area (Å²) in [7, 11) is 0. The molecule has 0 saturated carbocycles. The van der Waals surface area contributed by atoms with Gasteiger partial charge in [0.15, 0.2) is 0 Å². The fourth-order valence-electron chi connectivity index (χ4n) is 1.73. The van der Waals surface area contributed by atoms with Crippen LogP contribution in [0, 0.1) is 6.92 Å². The Labute approximate surface area is 126 Å². The summed E-state index contributed by atoms with van der Waals surface area (Å²) >= 11 is 3.44. The van der Waals surface area contributed by atoms with E-state index in [2.05, 4.69) is 31.5 Å². The van der Waals surface area contributed by atoms with Gasteiger partial charge in [0.1, 0.15) is 5.82 Å². The Morgan fingerprint density at radius 2 is 2.10 bits per heavy atom. The van der Waals surface area contributed by atoms with E-state index >= 15 is 0 Å². The average Bonchev–Trinajstić information content (AvgIpc) is 2.43. The Morgan fingerprint density at radius 3 is 2.70 bits per heavy atom. The van der Waals surface area contributed by atoms with Crippen LogP contribution in [0.3, 0.4) is 0 Å². The van der Waals surface area contributed by atoms with Gasteiger partial charge in [-0.1, -0.05) is 6.07 Å². The lowest BCUT2D eigenvalue weighted by Crippen LogP contribution is -2.13. The zero-order valence-corrected chi connectivity index (χ0v) is 13.0. The van der Waals surface area contributed by atoms with Gasteiger partial charge >= 0.3 is 0 Å². The van der Waals surface area contributed by atoms with Gasteiger partial charge in [0, 0.05) is 17.2 Å². The Bertz CT molecular complexity index is 611. The minimum atomic E-state index is -0.176. The number of benzene rings is 1. The molecule has 1 amide bonds. The van der Waals surface area contributed by atoms with Gasteiger partial charge in [0.05, 0.1) is 11.3 Å². The molecule has 1 heterocycles. The van der Waals surface area contributed by atoms with E-state index < -0.39 is 0 Å². The molecule has 4 nitrogen and oxygen atoms in total. The van der Waals surface area contributed by atoms with Gasteiger partial charge in [0.2, 0.25) is 0 Å². The van der Waals surface area contributed by atoms with E-state index in [1.54, 1.807) is 18.3 Å². The Balaban J connectivity index is 2.11. The standard InChI is InChI=1S/C15H16BrN3O/c1-3-17-14-7-5-11(9-18-14)15(20)19-13-6-4-10(2)8-12(13)16/h4-9H,3H2,1-2H3,(H,17,18)(H,19,20). The number of pyridine rings is 1. The number of anilines is 2. The van der Waals surface area contributed by atoms with E-state index in [1.807, 2.05) is 32.0 Å². The number of hydrogen-bond acceptors (Lipinski definition) is 3. The van der Waals surface area contributed by atoms with E-state index in [0.717, 1.165) is 28.1 Å². The van der Waals surface area contributed by atoms with Crippen molar-refractivity contribution < 1.29 is 4.79 Å². The van der Waals surface area contributed by atoms with Gasteiger partial charge in [-0.3, -0.25) is 4.79 Å². The van der Waals surface area contributed by atoms with Gasteiger partial charge in [0.25, 0.3) is 5.91 Å². The van der Waals surface area contributed by atoms with Crippen molar-refractivity contribution in [1.82, 2.24) is 4.98 Å². The third-order valence-electron chi connectivity index (χ3n) is 2.76. The zero-order chi connectivity index (χ0) is 14.5. The topological polar surface area (TPSA) is 54.0 Å². The Morgan fingerprint density at radius 1 is 1.30 bits per heavy atom. The SMILES string of the molecule is CCNc1ccc(C(=O)Nc2ccc(C)cc2Br)cn1. The third-order valence-corrected chi connectivity index (χ3v) is 3.41. The van der Waals surface area contributed by atoms with Crippen LogP contribution in [0.5, 0.6) is 0 Å². The van der Waals surface area contributed by atoms with Crippen LogP contribution in [0.15, 0.2) is 41.0 Å². The number of nitrogens with one attached hydrogen (secondary N) is 2. The first-order chi connectivity index (χ1) is 9.60. The summed E-state index contributed by atoms with van der Waals surface area (Å²) < 4.78 is 0.864. The highest BCUT2D eigenvalue weighted by Gasteiger charge is 2.08. The molecule has 2 rings (SSSR count). The first-order valence-electron chi connectivity index (χ1n) is 6.37. The lowest BCUT2D eigenvalue weighted by Gasteiger charge is -2.08. The Kier molecular flexibility index (Phi) is 4.74. The van der Waals surface area contributed by atoms with Crippen molar-refractivity contribution in [3.8, 4) is 0 Å². The van der Waals surface area contributed by atoms with Crippen molar-refractivity contribution in [3.63, 3.8) is 0 Å². The first-order valence-corrected chi connectivity index (χ1v) is 7.17. The van der Waals surface area contributed by atoms with Gasteiger partial charge in [-0.25, -0.2) is 4.98 Å². The molecule has 0 aliphatic rings. The first kappa shape index (κ1) is 14.5. The van der Waals surface area contributed by atoms with E-state index in [-0.39, 0.29) is 5.91 Å². The summed E-state index contributed by atoms with van der Waals surface area (Å²) in [6.45, 7) is 4.80. The van der Waals surface area contributed by atoms with Crippen LogP contribution in [0.25, 0.3) is 0 Å². The fourth-order valence-corrected chi connectivity index (χ4v) is 2.32. The number of hydrogen-bond donors (Lipinski definition) is 2. The summed E-state index contributed by atoms with van der Waals surface area (Å²) in [5, 5.41) is 5.95. The van der Waals surface area contributed by atoms with Crippen molar-refractivity contribution in [2.45, 2.75) is 13.8 Å². The maximum Gasteiger partial charge on any atom is 0.257 e. The maximum absolute atomic E-state index is 12.1. The summed E-state index contributed by atoms with van der Waals surface area (Å²) in [5.74, 6) is 0.589. The summed E-state index contributed by atoms with van der Waals surface area (Å²) in [5.41, 5.74) is 2.40. The van der Waals surface area contributed by atoms with Crippen LogP contribution in [0.2, 0.25) is 0 Å². The molecule has 0 atom stereocenters. The molecule has 0 unspecified atom stereocenters. The van der Waals surface area contributed by atoms with Crippen LogP contribution in [-0.4, -0.2) is 17.4 Å². The summed E-state index contributed by atoms with van der Waals surface area (Å²) in [6.07, 6.45) is 1.56. The predicted octanol–water partition coefficient (Wildman–Crippen LogP) is 3.84. The van der Waals surface area contributed by atoms with Crippen molar-refractivity contribution in [3.05, 3.63) is 52.1 Å². The van der Waals surface area contributed by atoms with E-state index in [1.165, 1.54) is 0 Å². The molecule has 20 heavy (non-hydrogen) atoms. The molecule has 0 aliphatic heterocycles. The van der Waals surface area contributed by atoms with E-state index in [9.17, 15) is 4.79 Å². The molecule has 2 N–H and O–H groups in total. The second-order valence-corrected chi connectivity index (χ2v) is 5.25. The summed E-state index contributed by atoms with van der Waals surface area (Å²) in [4.78, 5) is 16.3. The number of carbonyl (C=O) groups is 1. The quantitative estimate of drug-likeness (QED) is 0.893. The minimum Gasteiger partial charge on any atom is -0.370 e. The lowest BCUT2D eigenvalue weighted by molar-refractivity contribution is 0.102. The number of amides is 1. The number of nitrogens with zero attached hydrogens (tertiary/aromatic N) is 1. The van der Waals surface area contributed by atoms with Crippen LogP contribution in [0.1, 0.15) is 22.8 Å². The average molecular weight is 334 g/mol. The summed E-state index contributed by atoms with van der Waals surface area (Å²) in [6, 6.07) is 9.33. The van der Waals surface area contributed by atoms with Crippen molar-refractivity contribution in [1.29, 1.82) is 0 Å². The molecule has 0 spiro atoms. The molecule has 2 aromatic rings. The van der Waals surface area contributed by atoms with Crippen LogP contribution in [-0.2, 0) is 0 Å². The van der Waals surface area contributed by atoms with Crippen molar-refractivity contribution >= 4 is 33.3 Å². The highest BCUT2D eigenvalue weighted by molar-refractivity contribution is 9.10. The second kappa shape index (κ2) is 6.52. The minimum absolute atomic E-state index is 0.176. The molecule has 5 heteroatoms. The highest BCUT2D eigenvalue weighted by Crippen LogP contribution is 2.23. The van der Waals surface area contributed by atoms with Gasteiger partial charge in [-0.05, 0) is 59.6 Å². The lowest BCUT2D eigenvalue weighted by atomic mass is 10.2. The molecule has 0 aliphatic carbocycles. The largest absolute Gasteiger partial charge is 0.370 e. The highest BCUT2D eigenvalue weighted by atomic mass is 79.9. The molecular formula is C15H16BrN3O. The van der Waals surface area contributed by atoms with Crippen LogP contribution in [0.4, 0.5) is 11.5 Å². The Hall–Kier alpha value is -1.88. The molecule has 1 aromatic heterocycles. The normalized spacial score (nSPS) is 10.2. The number of carbonyl (C=O) groups excluding carboxylic acids is 1. The zero-order valence-electron chi connectivity index (χ0n) is 11.4. The molecular weight excluding hydrogens is 318 g/mol. The van der Waals surface area contributed by atoms with Crippen molar-refractivity contribution in [2.75, 3.05) is 17.2 Å². The van der Waals surface area contributed by atoms with E-state index in [0.29, 0.717) is 5.56 Å². The number of halogens is 1. The van der Waals surface area contributed by atoms with Gasteiger partial charge < -0.3 is 10.6 Å². The van der Waals surface area contributed by atoms with Crippen molar-refractivity contribution in [2.24, 2.45) is 0 Å². The molecule has 0 radical (unpaired) electrons. The smallest absolute Gasteiger partial charge is 0.257 e. The predicted molar refractivity (Wildman–Crippen MR) is 85.2 cm³/mol. The molecule has 1 aromatic carbocycles. The number of aryl methyl sites for hydroxylation is 1.